The van der Waals surface area contributed by atoms with E-state index in [9.17, 15) is 5.11 Å². The van der Waals surface area contributed by atoms with Gasteiger partial charge in [0.1, 0.15) is 0 Å². The lowest BCUT2D eigenvalue weighted by atomic mass is 10.2. The van der Waals surface area contributed by atoms with Crippen LogP contribution in [-0.2, 0) is 0 Å². The molecule has 1 saturated carbocycles. The van der Waals surface area contributed by atoms with E-state index in [1.54, 1.807) is 6.20 Å². The molecule has 96 valence electrons. The number of aliphatic hydroxyl groups excluding tert-OH is 1. The van der Waals surface area contributed by atoms with Gasteiger partial charge in [0.05, 0.1) is 24.7 Å². The molecule has 3 N–H and O–H groups in total. The van der Waals surface area contributed by atoms with Gasteiger partial charge in [0.2, 0.25) is 0 Å². The molecule has 1 heterocycles. The third kappa shape index (κ3) is 2.67. The Hall–Kier alpha value is -0.520. The highest BCUT2D eigenvalue weighted by Gasteiger charge is 2.30. The molecule has 0 aliphatic heterocycles. The van der Waals surface area contributed by atoms with Crippen molar-refractivity contribution in [2.24, 2.45) is 5.73 Å². The van der Waals surface area contributed by atoms with Gasteiger partial charge >= 0.3 is 0 Å². The van der Waals surface area contributed by atoms with Crippen molar-refractivity contribution in [2.45, 2.75) is 43.5 Å². The van der Waals surface area contributed by atoms with E-state index in [0.29, 0.717) is 11.3 Å². The quantitative estimate of drug-likeness (QED) is 0.841. The molecular formula is C12H21N3OS. The first-order valence-corrected chi connectivity index (χ1v) is 7.32. The average molecular weight is 255 g/mol. The van der Waals surface area contributed by atoms with Crippen LogP contribution in [0.1, 0.15) is 44.0 Å². The summed E-state index contributed by atoms with van der Waals surface area (Å²) < 4.78 is 2.18. The zero-order valence-electron chi connectivity index (χ0n) is 10.2. The first kappa shape index (κ1) is 12.9. The fraction of sp³-hybridized carbons (Fsp3) is 0.750. The Bertz CT molecular complexity index is 355. The number of nitrogens with zero attached hydrogens (tertiary/aromatic N) is 2. The molecule has 1 aliphatic carbocycles. The zero-order valence-corrected chi connectivity index (χ0v) is 11.1. The summed E-state index contributed by atoms with van der Waals surface area (Å²) in [4.78, 5) is 4.19. The molecule has 5 heteroatoms. The number of nitrogens with two attached hydrogens (primary N) is 1. The van der Waals surface area contributed by atoms with Crippen molar-refractivity contribution >= 4 is 11.8 Å². The monoisotopic (exact) mass is 255 g/mol. The molecule has 0 radical (unpaired) electrons. The molecule has 1 aromatic heterocycles. The van der Waals surface area contributed by atoms with Gasteiger partial charge < -0.3 is 15.4 Å². The number of hydrogen-bond donors (Lipinski definition) is 2. The number of aromatic nitrogens is 2. The van der Waals surface area contributed by atoms with E-state index in [0.717, 1.165) is 11.4 Å². The van der Waals surface area contributed by atoms with Crippen molar-refractivity contribution in [3.8, 4) is 0 Å². The Morgan fingerprint density at radius 3 is 3.18 bits per heavy atom. The van der Waals surface area contributed by atoms with Gasteiger partial charge in [-0.25, -0.2) is 4.98 Å². The van der Waals surface area contributed by atoms with Gasteiger partial charge in [-0.2, -0.15) is 11.8 Å². The number of aliphatic hydroxyl groups is 1. The van der Waals surface area contributed by atoms with Crippen molar-refractivity contribution < 1.29 is 5.11 Å². The number of thioether (sulfide) groups is 1. The molecule has 1 aromatic rings. The molecule has 1 aliphatic rings. The smallest absolute Gasteiger partial charge is 0.0951 e. The van der Waals surface area contributed by atoms with Crippen molar-refractivity contribution in [1.29, 1.82) is 0 Å². The van der Waals surface area contributed by atoms with Crippen LogP contribution in [0.25, 0.3) is 0 Å². The largest absolute Gasteiger partial charge is 0.394 e. The molecule has 1 fully saturated rings. The number of hydrogen-bond acceptors (Lipinski definition) is 4. The molecule has 0 aromatic carbocycles. The summed E-state index contributed by atoms with van der Waals surface area (Å²) in [6.45, 7) is 2.18. The van der Waals surface area contributed by atoms with Crippen LogP contribution >= 0.6 is 11.8 Å². The Labute approximate surface area is 107 Å². The molecule has 0 amide bonds. The Balaban J connectivity index is 2.18. The summed E-state index contributed by atoms with van der Waals surface area (Å²) in [6.07, 6.45) is 7.39. The van der Waals surface area contributed by atoms with Crippen LogP contribution in [0.15, 0.2) is 12.5 Å². The Morgan fingerprint density at radius 2 is 2.47 bits per heavy atom. The summed E-state index contributed by atoms with van der Waals surface area (Å²) in [6, 6.07) is 0.181. The standard InChI is InChI=1S/C12H21N3OS/c1-2-17-12-5-3-4-10(12)15-8-14-6-11(15)9(13)7-16/h6,8-10,12,16H,2-5,7,13H2,1H3. The summed E-state index contributed by atoms with van der Waals surface area (Å²) in [5.41, 5.74) is 6.87. The second kappa shape index (κ2) is 5.89. The van der Waals surface area contributed by atoms with Crippen LogP contribution in [0.2, 0.25) is 0 Å². The number of rotatable bonds is 5. The van der Waals surface area contributed by atoms with Gasteiger partial charge in [-0.1, -0.05) is 13.3 Å². The van der Waals surface area contributed by atoms with E-state index < -0.39 is 0 Å². The van der Waals surface area contributed by atoms with E-state index in [4.69, 9.17) is 5.73 Å². The van der Waals surface area contributed by atoms with Gasteiger partial charge in [0.15, 0.2) is 0 Å². The minimum Gasteiger partial charge on any atom is -0.394 e. The molecule has 3 atom stereocenters. The maximum absolute atomic E-state index is 9.17. The van der Waals surface area contributed by atoms with Crippen molar-refractivity contribution in [2.75, 3.05) is 12.4 Å². The van der Waals surface area contributed by atoms with Crippen LogP contribution in [0.4, 0.5) is 0 Å². The van der Waals surface area contributed by atoms with Crippen LogP contribution in [0, 0.1) is 0 Å². The highest BCUT2D eigenvalue weighted by atomic mass is 32.2. The molecule has 3 unspecified atom stereocenters. The molecule has 0 bridgehead atoms. The van der Waals surface area contributed by atoms with Gasteiger partial charge in [-0.3, -0.25) is 0 Å². The van der Waals surface area contributed by atoms with E-state index in [2.05, 4.69) is 16.5 Å². The molecular weight excluding hydrogens is 234 g/mol. The van der Waals surface area contributed by atoms with E-state index in [1.165, 1.54) is 19.3 Å². The summed E-state index contributed by atoms with van der Waals surface area (Å²) in [5, 5.41) is 9.84. The summed E-state index contributed by atoms with van der Waals surface area (Å²) in [7, 11) is 0. The maximum atomic E-state index is 9.17. The first-order chi connectivity index (χ1) is 8.27. The molecule has 2 rings (SSSR count). The topological polar surface area (TPSA) is 64.1 Å². The van der Waals surface area contributed by atoms with Crippen molar-refractivity contribution in [3.63, 3.8) is 0 Å². The van der Waals surface area contributed by atoms with Gasteiger partial charge in [0.25, 0.3) is 0 Å². The predicted octanol–water partition coefficient (Wildman–Crippen LogP) is 1.72. The molecule has 0 saturated heterocycles. The second-order valence-electron chi connectivity index (χ2n) is 4.51. The minimum atomic E-state index is -0.314. The van der Waals surface area contributed by atoms with Crippen molar-refractivity contribution in [1.82, 2.24) is 9.55 Å². The third-order valence-corrected chi connectivity index (χ3v) is 4.74. The minimum absolute atomic E-state index is 0.0238. The summed E-state index contributed by atoms with van der Waals surface area (Å²) in [5.74, 6) is 1.15. The summed E-state index contributed by atoms with van der Waals surface area (Å²) >= 11 is 2.02. The van der Waals surface area contributed by atoms with Crippen LogP contribution in [0.5, 0.6) is 0 Å². The SMILES string of the molecule is CCSC1CCCC1n1cncc1C(N)CO. The van der Waals surface area contributed by atoms with Crippen LogP contribution < -0.4 is 5.73 Å². The van der Waals surface area contributed by atoms with Gasteiger partial charge in [-0.05, 0) is 18.6 Å². The number of imidazole rings is 1. The zero-order chi connectivity index (χ0) is 12.3. The fourth-order valence-electron chi connectivity index (χ4n) is 2.61. The molecule has 17 heavy (non-hydrogen) atoms. The lowest BCUT2D eigenvalue weighted by Crippen LogP contribution is -2.23. The lowest BCUT2D eigenvalue weighted by Gasteiger charge is -2.23. The molecule has 0 spiro atoms. The Kier molecular flexibility index (Phi) is 4.48. The lowest BCUT2D eigenvalue weighted by molar-refractivity contribution is 0.261. The normalized spacial score (nSPS) is 26.3. The Morgan fingerprint density at radius 1 is 1.65 bits per heavy atom. The van der Waals surface area contributed by atoms with E-state index in [-0.39, 0.29) is 12.6 Å². The first-order valence-electron chi connectivity index (χ1n) is 6.27. The van der Waals surface area contributed by atoms with Crippen LogP contribution in [0.3, 0.4) is 0 Å². The van der Waals surface area contributed by atoms with Crippen molar-refractivity contribution in [3.05, 3.63) is 18.2 Å². The molecule has 4 nitrogen and oxygen atoms in total. The second-order valence-corrected chi connectivity index (χ2v) is 6.02. The fourth-order valence-corrected chi connectivity index (χ4v) is 3.86. The maximum Gasteiger partial charge on any atom is 0.0951 e. The van der Waals surface area contributed by atoms with E-state index >= 15 is 0 Å². The van der Waals surface area contributed by atoms with Crippen LogP contribution in [-0.4, -0.2) is 32.3 Å². The highest BCUT2D eigenvalue weighted by molar-refractivity contribution is 7.99. The van der Waals surface area contributed by atoms with Gasteiger partial charge in [-0.15, -0.1) is 0 Å². The van der Waals surface area contributed by atoms with E-state index in [1.807, 2.05) is 18.1 Å². The highest BCUT2D eigenvalue weighted by Crippen LogP contribution is 2.39. The average Bonchev–Trinajstić information content (AvgIpc) is 2.95. The predicted molar refractivity (Wildman–Crippen MR) is 71.0 cm³/mol. The third-order valence-electron chi connectivity index (χ3n) is 3.43. The van der Waals surface area contributed by atoms with Gasteiger partial charge in [0, 0.05) is 17.5 Å².